The third kappa shape index (κ3) is 4.67. The van der Waals surface area contributed by atoms with E-state index >= 15 is 0 Å². The van der Waals surface area contributed by atoms with Crippen LogP contribution in [0.15, 0.2) is 48.5 Å². The highest BCUT2D eigenvalue weighted by Gasteiger charge is 2.30. The van der Waals surface area contributed by atoms with Gasteiger partial charge in [0.05, 0.1) is 24.8 Å². The summed E-state index contributed by atoms with van der Waals surface area (Å²) in [5, 5.41) is 9.92. The summed E-state index contributed by atoms with van der Waals surface area (Å²) in [5.74, 6) is -0.975. The van der Waals surface area contributed by atoms with Gasteiger partial charge in [-0.3, -0.25) is 4.79 Å². The molecule has 1 aliphatic heterocycles. The summed E-state index contributed by atoms with van der Waals surface area (Å²) in [5.41, 5.74) is 1.87. The Morgan fingerprint density at radius 2 is 2.00 bits per heavy atom. The Morgan fingerprint density at radius 1 is 1.22 bits per heavy atom. The van der Waals surface area contributed by atoms with Crippen LogP contribution in [0.2, 0.25) is 5.02 Å². The highest BCUT2D eigenvalue weighted by atomic mass is 35.5. The zero-order chi connectivity index (χ0) is 19.4. The van der Waals surface area contributed by atoms with E-state index in [1.807, 2.05) is 30.0 Å². The van der Waals surface area contributed by atoms with Gasteiger partial charge < -0.3 is 14.7 Å². The Hall–Kier alpha value is -2.37. The molecule has 3 rings (SSSR count). The summed E-state index contributed by atoms with van der Waals surface area (Å²) in [6.45, 7) is 2.87. The summed E-state index contributed by atoms with van der Waals surface area (Å²) in [6.07, 6.45) is 0.444. The van der Waals surface area contributed by atoms with Gasteiger partial charge >= 0.3 is 5.97 Å². The molecular weight excluding hydrogens is 366 g/mol. The standard InChI is InChI=1S/C21H22ClNO4/c1-14-13-27-19(16-6-4-7-17(22)11-16)12-23(14)20(24)10-9-15-5-2-3-8-18(15)21(25)26/h2-8,11,14,19H,9-10,12-13H2,1H3,(H,25,26). The highest BCUT2D eigenvalue weighted by molar-refractivity contribution is 6.30. The summed E-state index contributed by atoms with van der Waals surface area (Å²) in [4.78, 5) is 25.9. The molecule has 2 unspecified atom stereocenters. The lowest BCUT2D eigenvalue weighted by Crippen LogP contribution is -2.48. The minimum atomic E-state index is -0.973. The Bertz CT molecular complexity index is 838. The molecule has 0 aromatic heterocycles. The first-order chi connectivity index (χ1) is 13.0. The van der Waals surface area contributed by atoms with E-state index in [2.05, 4.69) is 0 Å². The summed E-state index contributed by atoms with van der Waals surface area (Å²) in [6, 6.07) is 14.2. The maximum atomic E-state index is 12.8. The van der Waals surface area contributed by atoms with Gasteiger partial charge in [0.2, 0.25) is 5.91 Å². The van der Waals surface area contributed by atoms with Gasteiger partial charge in [-0.2, -0.15) is 0 Å². The Balaban J connectivity index is 1.67. The molecule has 1 N–H and O–H groups in total. The van der Waals surface area contributed by atoms with Crippen molar-refractivity contribution in [3.63, 3.8) is 0 Å². The van der Waals surface area contributed by atoms with E-state index in [-0.39, 0.29) is 30.0 Å². The molecule has 1 fully saturated rings. The fourth-order valence-electron chi connectivity index (χ4n) is 3.34. The van der Waals surface area contributed by atoms with E-state index in [4.69, 9.17) is 16.3 Å². The molecule has 0 spiro atoms. The number of nitrogens with zero attached hydrogens (tertiary/aromatic N) is 1. The van der Waals surface area contributed by atoms with Crippen LogP contribution in [0.25, 0.3) is 0 Å². The van der Waals surface area contributed by atoms with Crippen LogP contribution in [0.5, 0.6) is 0 Å². The third-order valence-corrected chi connectivity index (χ3v) is 5.07. The average molecular weight is 388 g/mol. The number of hydrogen-bond donors (Lipinski definition) is 1. The number of amides is 1. The Kier molecular flexibility index (Phi) is 6.14. The van der Waals surface area contributed by atoms with Crippen LogP contribution in [-0.2, 0) is 16.0 Å². The average Bonchev–Trinajstić information content (AvgIpc) is 2.66. The first-order valence-corrected chi connectivity index (χ1v) is 9.31. The van der Waals surface area contributed by atoms with Gasteiger partial charge in [0.1, 0.15) is 6.10 Å². The molecular formula is C21H22ClNO4. The van der Waals surface area contributed by atoms with E-state index in [0.29, 0.717) is 30.2 Å². The summed E-state index contributed by atoms with van der Waals surface area (Å²) < 4.78 is 5.89. The van der Waals surface area contributed by atoms with Crippen molar-refractivity contribution in [1.29, 1.82) is 0 Å². The van der Waals surface area contributed by atoms with Crippen molar-refractivity contribution in [3.05, 3.63) is 70.2 Å². The zero-order valence-corrected chi connectivity index (χ0v) is 15.9. The van der Waals surface area contributed by atoms with Crippen LogP contribution < -0.4 is 0 Å². The van der Waals surface area contributed by atoms with Crippen molar-refractivity contribution >= 4 is 23.5 Å². The van der Waals surface area contributed by atoms with Crippen molar-refractivity contribution in [3.8, 4) is 0 Å². The van der Waals surface area contributed by atoms with Crippen LogP contribution in [0.4, 0.5) is 0 Å². The van der Waals surface area contributed by atoms with Crippen LogP contribution in [0.1, 0.15) is 40.9 Å². The maximum Gasteiger partial charge on any atom is 0.335 e. The molecule has 1 heterocycles. The minimum Gasteiger partial charge on any atom is -0.478 e. The third-order valence-electron chi connectivity index (χ3n) is 4.83. The van der Waals surface area contributed by atoms with E-state index < -0.39 is 5.97 Å². The molecule has 27 heavy (non-hydrogen) atoms. The predicted octanol–water partition coefficient (Wildman–Crippen LogP) is 3.96. The number of carbonyl (C=O) groups is 2. The van der Waals surface area contributed by atoms with E-state index in [0.717, 1.165) is 5.56 Å². The molecule has 0 bridgehead atoms. The first kappa shape index (κ1) is 19.4. The van der Waals surface area contributed by atoms with E-state index in [1.54, 1.807) is 30.3 Å². The van der Waals surface area contributed by atoms with Gasteiger partial charge in [0, 0.05) is 11.4 Å². The topological polar surface area (TPSA) is 66.8 Å². The lowest BCUT2D eigenvalue weighted by atomic mass is 10.0. The number of carbonyl (C=O) groups excluding carboxylic acids is 1. The Morgan fingerprint density at radius 3 is 2.74 bits per heavy atom. The fraction of sp³-hybridized carbons (Fsp3) is 0.333. The monoisotopic (exact) mass is 387 g/mol. The molecule has 1 aliphatic rings. The molecule has 0 saturated carbocycles. The molecule has 2 aromatic carbocycles. The van der Waals surface area contributed by atoms with E-state index in [1.165, 1.54) is 0 Å². The molecule has 142 valence electrons. The lowest BCUT2D eigenvalue weighted by molar-refractivity contribution is -0.144. The molecule has 0 aliphatic carbocycles. The van der Waals surface area contributed by atoms with Crippen LogP contribution >= 0.6 is 11.6 Å². The largest absolute Gasteiger partial charge is 0.478 e. The van der Waals surface area contributed by atoms with E-state index in [9.17, 15) is 14.7 Å². The van der Waals surface area contributed by atoms with Crippen molar-refractivity contribution in [2.75, 3.05) is 13.2 Å². The van der Waals surface area contributed by atoms with Gasteiger partial charge in [-0.25, -0.2) is 4.79 Å². The minimum absolute atomic E-state index is 0.00183. The molecule has 1 amide bonds. The number of carboxylic acids is 1. The number of hydrogen-bond acceptors (Lipinski definition) is 3. The van der Waals surface area contributed by atoms with Crippen LogP contribution in [-0.4, -0.2) is 41.1 Å². The smallest absolute Gasteiger partial charge is 0.335 e. The molecule has 0 radical (unpaired) electrons. The molecule has 2 aromatic rings. The first-order valence-electron chi connectivity index (χ1n) is 8.93. The van der Waals surface area contributed by atoms with Gasteiger partial charge in [-0.05, 0) is 42.7 Å². The molecule has 5 nitrogen and oxygen atoms in total. The van der Waals surface area contributed by atoms with Gasteiger partial charge in [-0.1, -0.05) is 41.9 Å². The predicted molar refractivity (Wildman–Crippen MR) is 103 cm³/mol. The van der Waals surface area contributed by atoms with Gasteiger partial charge in [0.15, 0.2) is 0 Å². The highest BCUT2D eigenvalue weighted by Crippen LogP contribution is 2.27. The molecule has 1 saturated heterocycles. The second kappa shape index (κ2) is 8.55. The maximum absolute atomic E-state index is 12.8. The lowest BCUT2D eigenvalue weighted by Gasteiger charge is -2.38. The second-order valence-corrected chi connectivity index (χ2v) is 7.17. The normalized spacial score (nSPS) is 19.7. The number of aryl methyl sites for hydroxylation is 1. The van der Waals surface area contributed by atoms with Crippen molar-refractivity contribution in [1.82, 2.24) is 4.90 Å². The van der Waals surface area contributed by atoms with Crippen molar-refractivity contribution in [2.24, 2.45) is 0 Å². The molecule has 2 atom stereocenters. The number of halogens is 1. The summed E-state index contributed by atoms with van der Waals surface area (Å²) in [7, 11) is 0. The SMILES string of the molecule is CC1COC(c2cccc(Cl)c2)CN1C(=O)CCc1ccccc1C(=O)O. The van der Waals surface area contributed by atoms with Crippen molar-refractivity contribution in [2.45, 2.75) is 31.9 Å². The number of rotatable bonds is 5. The number of benzene rings is 2. The fourth-order valence-corrected chi connectivity index (χ4v) is 3.54. The molecule has 6 heteroatoms. The second-order valence-electron chi connectivity index (χ2n) is 6.73. The number of morpholine rings is 1. The number of ether oxygens (including phenoxy) is 1. The van der Waals surface area contributed by atoms with Gasteiger partial charge in [-0.15, -0.1) is 0 Å². The zero-order valence-electron chi connectivity index (χ0n) is 15.1. The Labute approximate surface area is 163 Å². The van der Waals surface area contributed by atoms with Crippen molar-refractivity contribution < 1.29 is 19.4 Å². The number of carboxylic acid groups (broad SMARTS) is 1. The summed E-state index contributed by atoms with van der Waals surface area (Å²) >= 11 is 6.07. The van der Waals surface area contributed by atoms with Crippen LogP contribution in [0.3, 0.4) is 0 Å². The van der Waals surface area contributed by atoms with Crippen LogP contribution in [0, 0.1) is 0 Å². The van der Waals surface area contributed by atoms with Gasteiger partial charge in [0.25, 0.3) is 0 Å². The number of aromatic carboxylic acids is 1. The quantitative estimate of drug-likeness (QED) is 0.843.